The molecule has 28 heavy (non-hydrogen) atoms. The van der Waals surface area contributed by atoms with Gasteiger partial charge in [-0.25, -0.2) is 0 Å². The molecule has 0 N–H and O–H groups in total. The molecular formula is C25H54N2Si. The average molecular weight is 411 g/mol. The Morgan fingerprint density at radius 2 is 0.857 bits per heavy atom. The third-order valence-electron chi connectivity index (χ3n) is 5.87. The van der Waals surface area contributed by atoms with Crippen LogP contribution in [0, 0.1) is 0 Å². The first kappa shape index (κ1) is 27.9. The summed E-state index contributed by atoms with van der Waals surface area (Å²) in [5, 5.41) is 0. The van der Waals surface area contributed by atoms with Crippen molar-refractivity contribution in [2.45, 2.75) is 111 Å². The standard InChI is InChI=1S/C25H54N2Si/c1-6-11-17-26(18-12-7-2)21-15-24-28(23-10-5)25-16-22-27(19-13-8-3)20-14-9-4/h10,23,28H,6-9,11-22,24-25H2,1-5H3. The molecule has 0 aromatic heterocycles. The van der Waals surface area contributed by atoms with E-state index in [9.17, 15) is 0 Å². The summed E-state index contributed by atoms with van der Waals surface area (Å²) in [6, 6.07) is 3.01. The maximum Gasteiger partial charge on any atom is 0.0611 e. The summed E-state index contributed by atoms with van der Waals surface area (Å²) >= 11 is 0. The zero-order valence-corrected chi connectivity index (χ0v) is 21.5. The van der Waals surface area contributed by atoms with E-state index in [2.05, 4.69) is 56.2 Å². The quantitative estimate of drug-likeness (QED) is 0.190. The second-order valence-electron chi connectivity index (χ2n) is 8.67. The van der Waals surface area contributed by atoms with Crippen LogP contribution in [0.1, 0.15) is 98.8 Å². The van der Waals surface area contributed by atoms with Gasteiger partial charge >= 0.3 is 0 Å². The topological polar surface area (TPSA) is 6.48 Å². The van der Waals surface area contributed by atoms with Gasteiger partial charge in [-0.3, -0.25) is 0 Å². The molecule has 0 bridgehead atoms. The Kier molecular flexibility index (Phi) is 21.5. The van der Waals surface area contributed by atoms with Crippen molar-refractivity contribution >= 4 is 8.80 Å². The van der Waals surface area contributed by atoms with Gasteiger partial charge in [-0.1, -0.05) is 71.5 Å². The fraction of sp³-hybridized carbons (Fsp3) is 0.920. The Bertz CT molecular complexity index is 291. The maximum absolute atomic E-state index is 2.74. The van der Waals surface area contributed by atoms with Gasteiger partial charge in [0.2, 0.25) is 0 Å². The fourth-order valence-corrected chi connectivity index (χ4v) is 6.59. The third-order valence-corrected chi connectivity index (χ3v) is 9.10. The Morgan fingerprint density at radius 1 is 0.536 bits per heavy atom. The second-order valence-corrected chi connectivity index (χ2v) is 11.7. The van der Waals surface area contributed by atoms with Gasteiger partial charge in [-0.05, 0) is 84.7 Å². The lowest BCUT2D eigenvalue weighted by atomic mass is 10.2. The molecule has 0 unspecified atom stereocenters. The molecule has 0 amide bonds. The summed E-state index contributed by atoms with van der Waals surface area (Å²) in [6.07, 6.45) is 15.9. The van der Waals surface area contributed by atoms with Crippen LogP contribution in [-0.4, -0.2) is 57.9 Å². The van der Waals surface area contributed by atoms with Crippen LogP contribution < -0.4 is 0 Å². The Hall–Kier alpha value is -0.123. The van der Waals surface area contributed by atoms with Crippen LogP contribution in [0.5, 0.6) is 0 Å². The van der Waals surface area contributed by atoms with Gasteiger partial charge in [0.25, 0.3) is 0 Å². The molecule has 0 saturated heterocycles. The van der Waals surface area contributed by atoms with E-state index in [4.69, 9.17) is 0 Å². The number of unbranched alkanes of at least 4 members (excludes halogenated alkanes) is 4. The smallest absolute Gasteiger partial charge is 0.0611 e. The van der Waals surface area contributed by atoms with Crippen LogP contribution in [0.2, 0.25) is 12.1 Å². The molecule has 0 saturated carbocycles. The van der Waals surface area contributed by atoms with Crippen LogP contribution in [0.3, 0.4) is 0 Å². The zero-order chi connectivity index (χ0) is 20.9. The average Bonchev–Trinajstić information content (AvgIpc) is 2.71. The van der Waals surface area contributed by atoms with Crippen LogP contribution in [0.25, 0.3) is 0 Å². The first-order valence-electron chi connectivity index (χ1n) is 12.8. The number of hydrogen-bond acceptors (Lipinski definition) is 2. The number of hydrogen-bond donors (Lipinski definition) is 0. The van der Waals surface area contributed by atoms with Gasteiger partial charge < -0.3 is 9.80 Å². The maximum atomic E-state index is 2.74. The van der Waals surface area contributed by atoms with Crippen molar-refractivity contribution in [3.63, 3.8) is 0 Å². The lowest BCUT2D eigenvalue weighted by Crippen LogP contribution is -2.29. The van der Waals surface area contributed by atoms with E-state index in [1.165, 1.54) is 116 Å². The lowest BCUT2D eigenvalue weighted by Gasteiger charge is -2.24. The van der Waals surface area contributed by atoms with E-state index < -0.39 is 8.80 Å². The van der Waals surface area contributed by atoms with E-state index >= 15 is 0 Å². The normalized spacial score (nSPS) is 12.3. The molecule has 0 rings (SSSR count). The Labute approximate surface area is 180 Å². The van der Waals surface area contributed by atoms with Crippen LogP contribution in [-0.2, 0) is 0 Å². The van der Waals surface area contributed by atoms with Crippen molar-refractivity contribution in [2.24, 2.45) is 0 Å². The van der Waals surface area contributed by atoms with Gasteiger partial charge in [0.1, 0.15) is 0 Å². The molecule has 2 nitrogen and oxygen atoms in total. The fourth-order valence-electron chi connectivity index (χ4n) is 3.96. The van der Waals surface area contributed by atoms with E-state index in [1.807, 2.05) is 0 Å². The molecule has 3 heteroatoms. The SMILES string of the molecule is CC=C[SiH](CCCN(CCCC)CCCC)CCCN(CCCC)CCCC. The monoisotopic (exact) mass is 410 g/mol. The molecule has 0 spiro atoms. The van der Waals surface area contributed by atoms with Crippen molar-refractivity contribution in [1.29, 1.82) is 0 Å². The second kappa shape index (κ2) is 21.6. The highest BCUT2D eigenvalue weighted by atomic mass is 28.3. The van der Waals surface area contributed by atoms with E-state index in [0.717, 1.165) is 0 Å². The molecule has 0 atom stereocenters. The summed E-state index contributed by atoms with van der Waals surface area (Å²) < 4.78 is 0. The van der Waals surface area contributed by atoms with Crippen molar-refractivity contribution in [3.8, 4) is 0 Å². The molecule has 0 fully saturated rings. The van der Waals surface area contributed by atoms with E-state index in [-0.39, 0.29) is 0 Å². The lowest BCUT2D eigenvalue weighted by molar-refractivity contribution is 0.264. The highest BCUT2D eigenvalue weighted by Gasteiger charge is 2.11. The molecule has 0 aliphatic carbocycles. The minimum absolute atomic E-state index is 0.694. The largest absolute Gasteiger partial charge is 0.303 e. The van der Waals surface area contributed by atoms with Crippen LogP contribution in [0.4, 0.5) is 0 Å². The van der Waals surface area contributed by atoms with Gasteiger partial charge in [0, 0.05) is 0 Å². The summed E-state index contributed by atoms with van der Waals surface area (Å²) in [6.45, 7) is 19.4. The minimum atomic E-state index is -0.694. The van der Waals surface area contributed by atoms with Crippen molar-refractivity contribution in [3.05, 3.63) is 11.8 Å². The summed E-state index contributed by atoms with van der Waals surface area (Å²) in [7, 11) is -0.694. The minimum Gasteiger partial charge on any atom is -0.303 e. The molecule has 0 aliphatic rings. The summed E-state index contributed by atoms with van der Waals surface area (Å²) in [4.78, 5) is 5.48. The molecule has 0 heterocycles. The van der Waals surface area contributed by atoms with E-state index in [0.29, 0.717) is 0 Å². The Morgan fingerprint density at radius 3 is 1.14 bits per heavy atom. The Balaban J connectivity index is 4.26. The van der Waals surface area contributed by atoms with Gasteiger partial charge in [-0.15, -0.1) is 5.70 Å². The predicted octanol–water partition coefficient (Wildman–Crippen LogP) is 6.91. The van der Waals surface area contributed by atoms with Gasteiger partial charge in [-0.2, -0.15) is 0 Å². The van der Waals surface area contributed by atoms with Gasteiger partial charge in [0.05, 0.1) is 8.80 Å². The number of rotatable bonds is 21. The van der Waals surface area contributed by atoms with Crippen LogP contribution in [0.15, 0.2) is 11.8 Å². The number of nitrogens with zero attached hydrogens (tertiary/aromatic N) is 2. The zero-order valence-electron chi connectivity index (χ0n) is 20.4. The van der Waals surface area contributed by atoms with Crippen LogP contribution >= 0.6 is 0 Å². The summed E-state index contributed by atoms with van der Waals surface area (Å²) in [5.74, 6) is 0. The predicted molar refractivity (Wildman–Crippen MR) is 133 cm³/mol. The first-order valence-corrected chi connectivity index (χ1v) is 15.1. The summed E-state index contributed by atoms with van der Waals surface area (Å²) in [5.41, 5.74) is 2.62. The highest BCUT2D eigenvalue weighted by Crippen LogP contribution is 2.12. The molecule has 0 aliphatic heterocycles. The molecule has 0 aromatic rings. The van der Waals surface area contributed by atoms with E-state index in [1.54, 1.807) is 0 Å². The molecule has 168 valence electrons. The molecular weight excluding hydrogens is 356 g/mol. The molecule has 0 aromatic carbocycles. The van der Waals surface area contributed by atoms with Crippen molar-refractivity contribution in [2.75, 3.05) is 39.3 Å². The van der Waals surface area contributed by atoms with Crippen molar-refractivity contribution < 1.29 is 0 Å². The highest BCUT2D eigenvalue weighted by molar-refractivity contribution is 6.64. The number of allylic oxidation sites excluding steroid dienone is 1. The molecule has 0 radical (unpaired) electrons. The third kappa shape index (κ3) is 16.8. The van der Waals surface area contributed by atoms with Crippen molar-refractivity contribution in [1.82, 2.24) is 9.80 Å². The van der Waals surface area contributed by atoms with Gasteiger partial charge in [0.15, 0.2) is 0 Å². The first-order chi connectivity index (χ1) is 13.7.